The lowest BCUT2D eigenvalue weighted by Gasteiger charge is -2.32. The summed E-state index contributed by atoms with van der Waals surface area (Å²) in [5.74, 6) is 1.69. The molecule has 5 nitrogen and oxygen atoms in total. The van der Waals surface area contributed by atoms with Gasteiger partial charge in [-0.05, 0) is 44.7 Å². The molecule has 1 aromatic rings. The fourth-order valence-electron chi connectivity index (χ4n) is 3.04. The van der Waals surface area contributed by atoms with Crippen LogP contribution < -0.4 is 5.32 Å². The maximum absolute atomic E-state index is 12.1. The number of amides is 2. The average molecular weight is 264 g/mol. The summed E-state index contributed by atoms with van der Waals surface area (Å²) in [5, 5.41) is 12.5. The van der Waals surface area contributed by atoms with Crippen molar-refractivity contribution in [3.63, 3.8) is 0 Å². The zero-order chi connectivity index (χ0) is 13.4. The zero-order valence-corrected chi connectivity index (χ0v) is 11.1. The number of furan rings is 1. The summed E-state index contributed by atoms with van der Waals surface area (Å²) in [5.41, 5.74) is 0. The molecule has 5 heteroatoms. The first kappa shape index (κ1) is 12.5. The Balaban J connectivity index is 1.66. The number of hydrogen-bond donors (Lipinski definition) is 2. The normalized spacial score (nSPS) is 31.6. The Labute approximate surface area is 112 Å². The molecule has 2 fully saturated rings. The van der Waals surface area contributed by atoms with Crippen LogP contribution in [0.25, 0.3) is 0 Å². The van der Waals surface area contributed by atoms with Crippen LogP contribution in [0.1, 0.15) is 43.2 Å². The fraction of sp³-hybridized carbons (Fsp3) is 0.643. The van der Waals surface area contributed by atoms with Gasteiger partial charge in [-0.1, -0.05) is 0 Å². The molecule has 1 saturated carbocycles. The molecule has 104 valence electrons. The summed E-state index contributed by atoms with van der Waals surface area (Å²) >= 11 is 0. The third-order valence-electron chi connectivity index (χ3n) is 4.15. The Morgan fingerprint density at radius 3 is 2.68 bits per heavy atom. The van der Waals surface area contributed by atoms with E-state index in [2.05, 4.69) is 5.32 Å². The van der Waals surface area contributed by atoms with E-state index in [1.54, 1.807) is 0 Å². The van der Waals surface area contributed by atoms with E-state index < -0.39 is 0 Å². The molecule has 1 aromatic heterocycles. The largest absolute Gasteiger partial charge is 0.464 e. The van der Waals surface area contributed by atoms with Crippen LogP contribution in [0.15, 0.2) is 16.5 Å². The molecule has 1 aliphatic carbocycles. The summed E-state index contributed by atoms with van der Waals surface area (Å²) in [6, 6.07) is 4.04. The van der Waals surface area contributed by atoms with Crippen LogP contribution in [-0.2, 0) is 0 Å². The third-order valence-corrected chi connectivity index (χ3v) is 4.15. The first-order valence-corrected chi connectivity index (χ1v) is 6.95. The molecule has 19 heavy (non-hydrogen) atoms. The second-order valence-electron chi connectivity index (χ2n) is 5.57. The number of carbonyl (C=O) groups excluding carboxylic acids is 1. The van der Waals surface area contributed by atoms with Crippen molar-refractivity contribution < 1.29 is 14.3 Å². The van der Waals surface area contributed by atoms with Crippen LogP contribution in [0.3, 0.4) is 0 Å². The van der Waals surface area contributed by atoms with Gasteiger partial charge in [-0.3, -0.25) is 0 Å². The summed E-state index contributed by atoms with van der Waals surface area (Å²) in [7, 11) is 0. The van der Waals surface area contributed by atoms with E-state index in [4.69, 9.17) is 4.42 Å². The summed E-state index contributed by atoms with van der Waals surface area (Å²) in [6.45, 7) is 2.56. The molecule has 0 aromatic carbocycles. The van der Waals surface area contributed by atoms with Gasteiger partial charge in [0.05, 0.1) is 12.6 Å². The number of hydrogen-bond acceptors (Lipinski definition) is 3. The monoisotopic (exact) mass is 264 g/mol. The lowest BCUT2D eigenvalue weighted by atomic mass is 9.92. The van der Waals surface area contributed by atoms with Crippen LogP contribution in [0.2, 0.25) is 0 Å². The molecule has 1 aliphatic heterocycles. The lowest BCUT2D eigenvalue weighted by Crippen LogP contribution is -2.41. The molecule has 0 bridgehead atoms. The van der Waals surface area contributed by atoms with Crippen LogP contribution in [0.4, 0.5) is 4.79 Å². The number of rotatable bonds is 2. The second-order valence-corrected chi connectivity index (χ2v) is 5.57. The van der Waals surface area contributed by atoms with E-state index in [1.165, 1.54) is 0 Å². The van der Waals surface area contributed by atoms with Crippen molar-refractivity contribution in [2.24, 2.45) is 0 Å². The van der Waals surface area contributed by atoms with Crippen LogP contribution >= 0.6 is 0 Å². The quantitative estimate of drug-likeness (QED) is 0.858. The van der Waals surface area contributed by atoms with Gasteiger partial charge in [-0.2, -0.15) is 0 Å². The van der Waals surface area contributed by atoms with E-state index >= 15 is 0 Å². The third kappa shape index (κ3) is 2.47. The standard InChI is InChI=1S/C14H20N2O3/c1-9-2-7-13(19-9)12-8-16(14(18)15-12)10-3-5-11(17)6-4-10/h2,7,10-12,17H,3-6,8H2,1H3,(H,15,18). The Bertz CT molecular complexity index is 463. The molecular formula is C14H20N2O3. The second kappa shape index (κ2) is 4.89. The lowest BCUT2D eigenvalue weighted by molar-refractivity contribution is 0.0905. The number of aryl methyl sites for hydroxylation is 1. The van der Waals surface area contributed by atoms with Gasteiger partial charge in [-0.15, -0.1) is 0 Å². The molecule has 2 heterocycles. The fourth-order valence-corrected chi connectivity index (χ4v) is 3.04. The summed E-state index contributed by atoms with van der Waals surface area (Å²) < 4.78 is 5.59. The smallest absolute Gasteiger partial charge is 0.318 e. The minimum Gasteiger partial charge on any atom is -0.464 e. The van der Waals surface area contributed by atoms with Crippen molar-refractivity contribution in [1.29, 1.82) is 0 Å². The summed E-state index contributed by atoms with van der Waals surface area (Å²) in [6.07, 6.45) is 3.17. The molecule has 2 N–H and O–H groups in total. The zero-order valence-electron chi connectivity index (χ0n) is 11.1. The van der Waals surface area contributed by atoms with Crippen molar-refractivity contribution in [3.8, 4) is 0 Å². The van der Waals surface area contributed by atoms with Crippen molar-refractivity contribution in [3.05, 3.63) is 23.7 Å². The van der Waals surface area contributed by atoms with Crippen LogP contribution in [0, 0.1) is 6.92 Å². The van der Waals surface area contributed by atoms with E-state index in [9.17, 15) is 9.90 Å². The maximum Gasteiger partial charge on any atom is 0.318 e. The topological polar surface area (TPSA) is 65.7 Å². The van der Waals surface area contributed by atoms with E-state index in [1.807, 2.05) is 24.0 Å². The highest BCUT2D eigenvalue weighted by Gasteiger charge is 2.37. The minimum atomic E-state index is -0.189. The van der Waals surface area contributed by atoms with Gasteiger partial charge in [0.2, 0.25) is 0 Å². The van der Waals surface area contributed by atoms with Gasteiger partial charge in [0.25, 0.3) is 0 Å². The van der Waals surface area contributed by atoms with Crippen molar-refractivity contribution in [2.45, 2.75) is 50.8 Å². The predicted octanol–water partition coefficient (Wildman–Crippen LogP) is 1.96. The van der Waals surface area contributed by atoms with Crippen LogP contribution in [-0.4, -0.2) is 34.7 Å². The first-order chi connectivity index (χ1) is 9.13. The SMILES string of the molecule is Cc1ccc(C2CN(C3CCC(O)CC3)C(=O)N2)o1. The Morgan fingerprint density at radius 1 is 1.32 bits per heavy atom. The van der Waals surface area contributed by atoms with Gasteiger partial charge in [0.1, 0.15) is 17.6 Å². The van der Waals surface area contributed by atoms with Gasteiger partial charge in [0.15, 0.2) is 0 Å². The van der Waals surface area contributed by atoms with Gasteiger partial charge in [-0.25, -0.2) is 4.79 Å². The Morgan fingerprint density at radius 2 is 2.05 bits per heavy atom. The Kier molecular flexibility index (Phi) is 3.22. The molecule has 3 rings (SSSR count). The number of aliphatic hydroxyl groups is 1. The number of carbonyl (C=O) groups is 1. The predicted molar refractivity (Wildman–Crippen MR) is 69.7 cm³/mol. The minimum absolute atomic E-state index is 0.0135. The molecular weight excluding hydrogens is 244 g/mol. The molecule has 1 atom stereocenters. The summed E-state index contributed by atoms with van der Waals surface area (Å²) in [4.78, 5) is 14.0. The van der Waals surface area contributed by atoms with Gasteiger partial charge in [0, 0.05) is 6.04 Å². The highest BCUT2D eigenvalue weighted by atomic mass is 16.3. The van der Waals surface area contributed by atoms with Crippen molar-refractivity contribution >= 4 is 6.03 Å². The number of urea groups is 1. The molecule has 0 spiro atoms. The number of aliphatic hydroxyl groups excluding tert-OH is 1. The van der Waals surface area contributed by atoms with E-state index in [0.717, 1.165) is 37.2 Å². The maximum atomic E-state index is 12.1. The number of nitrogens with zero attached hydrogens (tertiary/aromatic N) is 1. The number of nitrogens with one attached hydrogen (secondary N) is 1. The van der Waals surface area contributed by atoms with Gasteiger partial charge < -0.3 is 19.7 Å². The average Bonchev–Trinajstić information content (AvgIpc) is 2.97. The molecule has 2 amide bonds. The van der Waals surface area contributed by atoms with Crippen molar-refractivity contribution in [1.82, 2.24) is 10.2 Å². The molecule has 1 unspecified atom stereocenters. The van der Waals surface area contributed by atoms with Crippen molar-refractivity contribution in [2.75, 3.05) is 6.54 Å². The van der Waals surface area contributed by atoms with Crippen LogP contribution in [0.5, 0.6) is 0 Å². The van der Waals surface area contributed by atoms with Gasteiger partial charge >= 0.3 is 6.03 Å². The highest BCUT2D eigenvalue weighted by molar-refractivity contribution is 5.77. The molecule has 2 aliphatic rings. The Hall–Kier alpha value is -1.49. The first-order valence-electron chi connectivity index (χ1n) is 6.95. The van der Waals surface area contributed by atoms with E-state index in [0.29, 0.717) is 6.54 Å². The molecule has 0 radical (unpaired) electrons. The molecule has 1 saturated heterocycles. The van der Waals surface area contributed by atoms with E-state index in [-0.39, 0.29) is 24.2 Å². The highest BCUT2D eigenvalue weighted by Crippen LogP contribution is 2.29.